The fourth-order valence-electron chi connectivity index (χ4n) is 2.39. The number of nitrogens with two attached hydrogens (primary N) is 1. The third-order valence-corrected chi connectivity index (χ3v) is 5.81. The fourth-order valence-corrected chi connectivity index (χ4v) is 4.49. The molecule has 23 heavy (non-hydrogen) atoms. The molecule has 2 N–H and O–H groups in total. The van der Waals surface area contributed by atoms with E-state index in [1.807, 2.05) is 39.8 Å². The van der Waals surface area contributed by atoms with E-state index in [0.717, 1.165) is 28.5 Å². The summed E-state index contributed by atoms with van der Waals surface area (Å²) in [6, 6.07) is 4.00. The zero-order valence-corrected chi connectivity index (χ0v) is 16.7. The van der Waals surface area contributed by atoms with Gasteiger partial charge in [0.1, 0.15) is 0 Å². The molecular weight excluding hydrogens is 328 g/mol. The highest BCUT2D eigenvalue weighted by molar-refractivity contribution is 8.13. The molecule has 1 rings (SSSR count). The highest BCUT2D eigenvalue weighted by Gasteiger charge is 2.26. The fraction of sp³-hybridized carbons (Fsp3) is 0.588. The van der Waals surface area contributed by atoms with Gasteiger partial charge < -0.3 is 5.73 Å². The third-order valence-electron chi connectivity index (χ3n) is 3.76. The van der Waals surface area contributed by atoms with Crippen molar-refractivity contribution in [2.75, 3.05) is 6.26 Å². The molecule has 0 aliphatic rings. The number of benzene rings is 1. The van der Waals surface area contributed by atoms with E-state index in [1.54, 1.807) is 6.26 Å². The highest BCUT2D eigenvalue weighted by Crippen LogP contribution is 2.36. The summed E-state index contributed by atoms with van der Waals surface area (Å²) in [5.74, 6) is 0.505. The summed E-state index contributed by atoms with van der Waals surface area (Å²) in [6.45, 7) is 12.2. The molecule has 0 saturated carbocycles. The van der Waals surface area contributed by atoms with Crippen molar-refractivity contribution in [3.63, 3.8) is 0 Å². The maximum absolute atomic E-state index is 12.9. The Balaban J connectivity index is 3.82. The van der Waals surface area contributed by atoms with Crippen LogP contribution in [0.15, 0.2) is 21.4 Å². The summed E-state index contributed by atoms with van der Waals surface area (Å²) in [5.41, 5.74) is 8.45. The lowest BCUT2D eigenvalue weighted by Gasteiger charge is -2.21. The maximum Gasteiger partial charge on any atom is 0.285 e. The molecule has 0 spiro atoms. The van der Waals surface area contributed by atoms with Gasteiger partial charge in [0.25, 0.3) is 10.0 Å². The van der Waals surface area contributed by atoms with Gasteiger partial charge in [-0.15, -0.1) is 4.40 Å². The number of hydrogen-bond acceptors (Lipinski definition) is 3. The number of nitrogens with zero attached hydrogens (tertiary/aromatic N) is 1. The maximum atomic E-state index is 12.9. The van der Waals surface area contributed by atoms with E-state index >= 15 is 0 Å². The summed E-state index contributed by atoms with van der Waals surface area (Å²) in [5, 5.41) is 0.0577. The zero-order chi connectivity index (χ0) is 17.9. The monoisotopic (exact) mass is 356 g/mol. The van der Waals surface area contributed by atoms with E-state index in [4.69, 9.17) is 5.73 Å². The van der Waals surface area contributed by atoms with Crippen LogP contribution in [0, 0.1) is 0 Å². The van der Waals surface area contributed by atoms with Crippen LogP contribution in [0.25, 0.3) is 0 Å². The average Bonchev–Trinajstić information content (AvgIpc) is 2.44. The first-order valence-electron chi connectivity index (χ1n) is 7.83. The van der Waals surface area contributed by atoms with Gasteiger partial charge in [-0.2, -0.15) is 8.42 Å². The van der Waals surface area contributed by atoms with E-state index in [1.165, 1.54) is 0 Å². The molecule has 130 valence electrons. The Morgan fingerprint density at radius 1 is 1.00 bits per heavy atom. The van der Waals surface area contributed by atoms with Gasteiger partial charge in [0, 0.05) is 0 Å². The van der Waals surface area contributed by atoms with Crippen LogP contribution < -0.4 is 5.73 Å². The minimum atomic E-state index is -3.82. The number of thioether (sulfide) groups is 1. The van der Waals surface area contributed by atoms with E-state index in [2.05, 4.69) is 18.2 Å². The molecule has 0 unspecified atom stereocenters. The Morgan fingerprint density at radius 2 is 1.43 bits per heavy atom. The molecule has 0 fully saturated rings. The lowest BCUT2D eigenvalue weighted by Crippen LogP contribution is -2.15. The van der Waals surface area contributed by atoms with Crippen molar-refractivity contribution >= 4 is 27.0 Å². The standard InChI is InChI=1S/C17H28N2O2S2/c1-10(2)13-8-14(11(3)4)16(15(9-13)12(5)6)23(20,21)19-17(18)22-7/h8-12H,1-7H3,(H2,18,19). The Morgan fingerprint density at radius 3 is 1.74 bits per heavy atom. The van der Waals surface area contributed by atoms with Crippen molar-refractivity contribution in [2.24, 2.45) is 10.1 Å². The second-order valence-corrected chi connectivity index (χ2v) is 8.97. The Kier molecular flexibility index (Phi) is 6.71. The van der Waals surface area contributed by atoms with Gasteiger partial charge >= 0.3 is 0 Å². The van der Waals surface area contributed by atoms with Gasteiger partial charge in [-0.3, -0.25) is 0 Å². The topological polar surface area (TPSA) is 72.5 Å². The first kappa shape index (κ1) is 20.0. The summed E-state index contributed by atoms with van der Waals surface area (Å²) in [7, 11) is -3.82. The summed E-state index contributed by atoms with van der Waals surface area (Å²) in [4.78, 5) is 0.323. The highest BCUT2D eigenvalue weighted by atomic mass is 32.2. The van der Waals surface area contributed by atoms with Crippen LogP contribution in [0.3, 0.4) is 0 Å². The summed E-state index contributed by atoms with van der Waals surface area (Å²) >= 11 is 1.13. The smallest absolute Gasteiger partial charge is 0.285 e. The predicted molar refractivity (Wildman–Crippen MR) is 101 cm³/mol. The van der Waals surface area contributed by atoms with Gasteiger partial charge in [-0.05, 0) is 40.7 Å². The molecule has 0 aliphatic carbocycles. The van der Waals surface area contributed by atoms with Crippen LogP contribution in [0.5, 0.6) is 0 Å². The van der Waals surface area contributed by atoms with E-state index in [0.29, 0.717) is 10.8 Å². The molecule has 0 atom stereocenters. The van der Waals surface area contributed by atoms with Crippen LogP contribution in [-0.4, -0.2) is 19.8 Å². The third kappa shape index (κ3) is 4.73. The number of amidine groups is 1. The van der Waals surface area contributed by atoms with E-state index in [9.17, 15) is 8.42 Å². The number of hydrogen-bond donors (Lipinski definition) is 1. The molecule has 0 saturated heterocycles. The average molecular weight is 357 g/mol. The minimum absolute atomic E-state index is 0.0577. The molecule has 1 aromatic carbocycles. The molecule has 0 heterocycles. The molecule has 1 aromatic rings. The second-order valence-electron chi connectivity index (χ2n) is 6.60. The largest absolute Gasteiger partial charge is 0.378 e. The van der Waals surface area contributed by atoms with Crippen LogP contribution in [0.1, 0.15) is 76.0 Å². The van der Waals surface area contributed by atoms with Crippen molar-refractivity contribution in [1.29, 1.82) is 0 Å². The van der Waals surface area contributed by atoms with Crippen LogP contribution in [0.2, 0.25) is 0 Å². The van der Waals surface area contributed by atoms with Gasteiger partial charge in [0.15, 0.2) is 5.17 Å². The van der Waals surface area contributed by atoms with E-state index in [-0.39, 0.29) is 17.0 Å². The molecule has 4 nitrogen and oxygen atoms in total. The van der Waals surface area contributed by atoms with Crippen molar-refractivity contribution in [1.82, 2.24) is 0 Å². The van der Waals surface area contributed by atoms with Crippen molar-refractivity contribution in [3.8, 4) is 0 Å². The first-order chi connectivity index (χ1) is 10.5. The van der Waals surface area contributed by atoms with Gasteiger partial charge in [0.05, 0.1) is 4.90 Å². The lowest BCUT2D eigenvalue weighted by atomic mass is 9.89. The first-order valence-corrected chi connectivity index (χ1v) is 10.5. The quantitative estimate of drug-likeness (QED) is 0.626. The van der Waals surface area contributed by atoms with Gasteiger partial charge in [-0.1, -0.05) is 65.4 Å². The predicted octanol–water partition coefficient (Wildman–Crippen LogP) is 4.42. The van der Waals surface area contributed by atoms with E-state index < -0.39 is 10.0 Å². The number of sulfonamides is 1. The lowest BCUT2D eigenvalue weighted by molar-refractivity contribution is 0.592. The molecule has 0 amide bonds. The van der Waals surface area contributed by atoms with Gasteiger partial charge in [0.2, 0.25) is 0 Å². The van der Waals surface area contributed by atoms with Crippen molar-refractivity contribution in [3.05, 3.63) is 28.8 Å². The second kappa shape index (κ2) is 7.71. The molecule has 0 aliphatic heterocycles. The molecule has 6 heteroatoms. The van der Waals surface area contributed by atoms with Gasteiger partial charge in [-0.25, -0.2) is 0 Å². The van der Waals surface area contributed by atoms with Crippen LogP contribution in [-0.2, 0) is 10.0 Å². The molecule has 0 aromatic heterocycles. The van der Waals surface area contributed by atoms with Crippen molar-refractivity contribution in [2.45, 2.75) is 64.2 Å². The molecule has 0 bridgehead atoms. The normalized spacial score (nSPS) is 13.4. The Labute approximate surface area is 145 Å². The molecule has 0 radical (unpaired) electrons. The number of rotatable bonds is 5. The Hall–Kier alpha value is -1.01. The summed E-state index contributed by atoms with van der Waals surface area (Å²) in [6.07, 6.45) is 1.71. The van der Waals surface area contributed by atoms with Crippen LogP contribution >= 0.6 is 11.8 Å². The van der Waals surface area contributed by atoms with Crippen LogP contribution in [0.4, 0.5) is 0 Å². The van der Waals surface area contributed by atoms with Crippen molar-refractivity contribution < 1.29 is 8.42 Å². The minimum Gasteiger partial charge on any atom is -0.378 e. The zero-order valence-electron chi connectivity index (χ0n) is 15.0. The summed E-state index contributed by atoms with van der Waals surface area (Å²) < 4.78 is 29.5. The SMILES string of the molecule is CS/C(N)=N\S(=O)(=O)c1c(C(C)C)cc(C(C)C)cc1C(C)C. The Bertz CT molecular complexity index is 662. The molecular formula is C17H28N2O2S2.